The molecule has 8 nitrogen and oxygen atoms in total. The van der Waals surface area contributed by atoms with Gasteiger partial charge in [0.05, 0.1) is 0 Å². The predicted octanol–water partition coefficient (Wildman–Crippen LogP) is 4.75. The lowest BCUT2D eigenvalue weighted by molar-refractivity contribution is -0.119. The molecule has 35 heavy (non-hydrogen) atoms. The molecule has 1 atom stereocenters. The molecule has 0 saturated heterocycles. The average molecular weight is 493 g/mol. The number of Topliss-reactive ketones (excluding diaryl/α,β-unsaturated/α-hetero) is 2. The Bertz CT molecular complexity index is 1280. The van der Waals surface area contributed by atoms with E-state index in [1.165, 1.54) is 23.3 Å². The van der Waals surface area contributed by atoms with Crippen LogP contribution in [0.5, 0.6) is 0 Å². The van der Waals surface area contributed by atoms with E-state index < -0.39 is 0 Å². The van der Waals surface area contributed by atoms with Crippen LogP contribution in [0.15, 0.2) is 12.5 Å². The number of aryl methyl sites for hydroxylation is 3. The lowest BCUT2D eigenvalue weighted by atomic mass is 9.88. The minimum atomic E-state index is 0.153. The van der Waals surface area contributed by atoms with E-state index in [0.717, 1.165) is 66.3 Å². The van der Waals surface area contributed by atoms with Gasteiger partial charge in [-0.1, -0.05) is 12.8 Å². The van der Waals surface area contributed by atoms with Gasteiger partial charge < -0.3 is 5.32 Å². The first-order valence-corrected chi connectivity index (χ1v) is 13.6. The van der Waals surface area contributed by atoms with Gasteiger partial charge in [-0.05, 0) is 56.9 Å². The van der Waals surface area contributed by atoms with E-state index in [0.29, 0.717) is 24.6 Å². The van der Waals surface area contributed by atoms with Crippen molar-refractivity contribution in [1.82, 2.24) is 24.5 Å². The van der Waals surface area contributed by atoms with Crippen LogP contribution in [0.25, 0.3) is 0 Å². The first-order valence-electron chi connectivity index (χ1n) is 12.8. The van der Waals surface area contributed by atoms with E-state index in [4.69, 9.17) is 0 Å². The maximum Gasteiger partial charge on any atom is 0.230 e. The Morgan fingerprint density at radius 3 is 2.74 bits per heavy atom. The van der Waals surface area contributed by atoms with Crippen LogP contribution in [0.4, 0.5) is 11.8 Å². The zero-order chi connectivity index (χ0) is 24.1. The Kier molecular flexibility index (Phi) is 5.82. The first kappa shape index (κ1) is 22.6. The fourth-order valence-corrected chi connectivity index (χ4v) is 6.70. The minimum absolute atomic E-state index is 0.153. The van der Waals surface area contributed by atoms with E-state index >= 15 is 0 Å². The molecule has 184 valence electrons. The number of aromatic nitrogens is 5. The van der Waals surface area contributed by atoms with E-state index in [9.17, 15) is 9.59 Å². The van der Waals surface area contributed by atoms with Crippen LogP contribution >= 0.6 is 11.3 Å². The van der Waals surface area contributed by atoms with Crippen molar-refractivity contribution in [3.63, 3.8) is 0 Å². The van der Waals surface area contributed by atoms with Gasteiger partial charge in [-0.15, -0.1) is 21.5 Å². The summed E-state index contributed by atoms with van der Waals surface area (Å²) in [4.78, 5) is 28.5. The number of rotatable bonds is 10. The van der Waals surface area contributed by atoms with Gasteiger partial charge in [0.2, 0.25) is 5.95 Å². The smallest absolute Gasteiger partial charge is 0.230 e. The summed E-state index contributed by atoms with van der Waals surface area (Å²) in [6.07, 6.45) is 12.9. The quantitative estimate of drug-likeness (QED) is 0.411. The number of thiophene rings is 1. The largest absolute Gasteiger partial charge is 0.307 e. The lowest BCUT2D eigenvalue weighted by Crippen LogP contribution is -2.20. The summed E-state index contributed by atoms with van der Waals surface area (Å²) in [6, 6.07) is 0.153. The van der Waals surface area contributed by atoms with Crippen molar-refractivity contribution in [2.24, 2.45) is 18.9 Å². The summed E-state index contributed by atoms with van der Waals surface area (Å²) < 4.78 is 3.86. The molecular formula is C26H32N6O2S. The zero-order valence-electron chi connectivity index (χ0n) is 20.4. The SMILES string of the molecule is Cc1cn(C)nc1Nc1nncn1[C@H]1CCc2sc(CC(=O)C3CC3)c(C(=O)CCC3CC3)c2C1. The van der Waals surface area contributed by atoms with Crippen molar-refractivity contribution >= 4 is 34.7 Å². The summed E-state index contributed by atoms with van der Waals surface area (Å²) in [5.41, 5.74) is 3.08. The van der Waals surface area contributed by atoms with Gasteiger partial charge >= 0.3 is 0 Å². The van der Waals surface area contributed by atoms with Crippen molar-refractivity contribution in [3.8, 4) is 0 Å². The maximum absolute atomic E-state index is 13.5. The van der Waals surface area contributed by atoms with Crippen LogP contribution in [0.1, 0.15) is 82.2 Å². The van der Waals surface area contributed by atoms with Crippen molar-refractivity contribution < 1.29 is 9.59 Å². The van der Waals surface area contributed by atoms with Gasteiger partial charge in [0.1, 0.15) is 12.1 Å². The summed E-state index contributed by atoms with van der Waals surface area (Å²) in [7, 11) is 1.90. The van der Waals surface area contributed by atoms with Crippen molar-refractivity contribution in [2.45, 2.75) is 77.2 Å². The van der Waals surface area contributed by atoms with E-state index in [2.05, 4.69) is 25.2 Å². The molecule has 0 unspecified atom stereocenters. The number of nitrogens with one attached hydrogen (secondary N) is 1. The van der Waals surface area contributed by atoms with Crippen molar-refractivity contribution in [2.75, 3.05) is 5.32 Å². The van der Waals surface area contributed by atoms with Gasteiger partial charge in [-0.3, -0.25) is 18.8 Å². The second kappa shape index (κ2) is 9.00. The summed E-state index contributed by atoms with van der Waals surface area (Å²) in [6.45, 7) is 2.01. The van der Waals surface area contributed by atoms with Gasteiger partial charge in [0, 0.05) is 58.9 Å². The second-order valence-corrected chi connectivity index (χ2v) is 11.7. The standard InChI is InChI=1S/C26H32N6O2S/c1-15-13-31(2)30-25(15)28-26-29-27-14-32(26)18-8-10-22-19(11-18)24(20(33)9-5-16-3-4-16)23(35-22)12-21(34)17-6-7-17/h13-14,16-18H,3-12H2,1-2H3,(H,28,29,30)/t18-/m0/s1. The van der Waals surface area contributed by atoms with Gasteiger partial charge in [-0.2, -0.15) is 5.10 Å². The molecule has 0 amide bonds. The van der Waals surface area contributed by atoms with Gasteiger partial charge in [0.25, 0.3) is 0 Å². The highest BCUT2D eigenvalue weighted by atomic mass is 32.1. The molecule has 0 spiro atoms. The number of carbonyl (C=O) groups excluding carboxylic acids is 2. The fourth-order valence-electron chi connectivity index (χ4n) is 5.32. The maximum atomic E-state index is 13.5. The topological polar surface area (TPSA) is 94.7 Å². The molecule has 9 heteroatoms. The number of fused-ring (bicyclic) bond motifs is 1. The molecule has 6 rings (SSSR count). The second-order valence-electron chi connectivity index (χ2n) is 10.5. The molecule has 3 aliphatic rings. The third-order valence-corrected chi connectivity index (χ3v) is 8.93. The number of anilines is 2. The van der Waals surface area contributed by atoms with Crippen LogP contribution in [0.2, 0.25) is 0 Å². The Morgan fingerprint density at radius 1 is 1.20 bits per heavy atom. The van der Waals surface area contributed by atoms with Gasteiger partial charge in [-0.25, -0.2) is 0 Å². The number of ketones is 2. The minimum Gasteiger partial charge on any atom is -0.307 e. The van der Waals surface area contributed by atoms with Crippen LogP contribution in [-0.2, 0) is 31.1 Å². The molecule has 3 aliphatic carbocycles. The van der Waals surface area contributed by atoms with E-state index in [-0.39, 0.29) is 17.7 Å². The number of nitrogens with zero attached hydrogens (tertiary/aromatic N) is 5. The predicted molar refractivity (Wildman–Crippen MR) is 134 cm³/mol. The van der Waals surface area contributed by atoms with Crippen LogP contribution < -0.4 is 5.32 Å². The molecule has 3 aromatic heterocycles. The lowest BCUT2D eigenvalue weighted by Gasteiger charge is -2.25. The Labute approximate surface area is 209 Å². The highest BCUT2D eigenvalue weighted by molar-refractivity contribution is 7.12. The van der Waals surface area contributed by atoms with Crippen LogP contribution in [0, 0.1) is 18.8 Å². The normalized spacial score (nSPS) is 19.5. The average Bonchev–Trinajstić information content (AvgIpc) is 3.74. The highest BCUT2D eigenvalue weighted by Gasteiger charge is 2.35. The summed E-state index contributed by atoms with van der Waals surface area (Å²) >= 11 is 1.71. The fraction of sp³-hybridized carbons (Fsp3) is 0.577. The molecular weight excluding hydrogens is 460 g/mol. The molecule has 0 bridgehead atoms. The van der Waals surface area contributed by atoms with Crippen molar-refractivity contribution in [1.29, 1.82) is 0 Å². The molecule has 1 N–H and O–H groups in total. The van der Waals surface area contributed by atoms with Crippen LogP contribution in [0.3, 0.4) is 0 Å². The van der Waals surface area contributed by atoms with Crippen LogP contribution in [-0.4, -0.2) is 36.1 Å². The molecule has 0 aliphatic heterocycles. The third kappa shape index (κ3) is 4.70. The molecule has 3 heterocycles. The molecule has 3 aromatic rings. The van der Waals surface area contributed by atoms with E-state index in [1.807, 2.05) is 20.2 Å². The molecule has 0 aromatic carbocycles. The van der Waals surface area contributed by atoms with Gasteiger partial charge in [0.15, 0.2) is 11.6 Å². The van der Waals surface area contributed by atoms with Crippen molar-refractivity contribution in [3.05, 3.63) is 39.0 Å². The van der Waals surface area contributed by atoms with E-state index in [1.54, 1.807) is 22.3 Å². The zero-order valence-corrected chi connectivity index (χ0v) is 21.2. The third-order valence-electron chi connectivity index (χ3n) is 7.64. The summed E-state index contributed by atoms with van der Waals surface area (Å²) in [5, 5.41) is 16.3. The highest BCUT2D eigenvalue weighted by Crippen LogP contribution is 2.42. The summed E-state index contributed by atoms with van der Waals surface area (Å²) in [5.74, 6) is 2.93. The Hall–Kier alpha value is -2.81. The monoisotopic (exact) mass is 492 g/mol. The number of hydrogen-bond donors (Lipinski definition) is 1. The number of hydrogen-bond acceptors (Lipinski definition) is 7. The number of carbonyl (C=O) groups is 2. The Morgan fingerprint density at radius 2 is 2.03 bits per heavy atom. The molecule has 2 saturated carbocycles. The Balaban J connectivity index is 1.27. The molecule has 0 radical (unpaired) electrons. The first-order chi connectivity index (χ1) is 17.0. The molecule has 2 fully saturated rings.